The summed E-state index contributed by atoms with van der Waals surface area (Å²) in [6.45, 7) is 6.41. The number of nitrogens with zero attached hydrogens (tertiary/aromatic N) is 2. The van der Waals surface area contributed by atoms with Crippen molar-refractivity contribution in [1.29, 1.82) is 0 Å². The Labute approximate surface area is 126 Å². The largest absolute Gasteiger partial charge is 0.339 e. The molecule has 0 bridgehead atoms. The second-order valence-electron chi connectivity index (χ2n) is 5.54. The first-order valence-electron chi connectivity index (χ1n) is 7.80. The zero-order chi connectivity index (χ0) is 15.3. The minimum absolute atomic E-state index is 0.0766. The highest BCUT2D eigenvalue weighted by molar-refractivity contribution is 5.32. The molecule has 0 aliphatic rings. The van der Waals surface area contributed by atoms with Crippen molar-refractivity contribution in [2.75, 3.05) is 0 Å². The Morgan fingerprint density at radius 1 is 1.14 bits per heavy atom. The SMILES string of the molecule is CCC(N)Cc1nc(C(CC)(CC)c2ccccc2)no1. The van der Waals surface area contributed by atoms with Gasteiger partial charge in [-0.05, 0) is 24.8 Å². The molecule has 114 valence electrons. The van der Waals surface area contributed by atoms with Crippen molar-refractivity contribution in [3.05, 3.63) is 47.6 Å². The van der Waals surface area contributed by atoms with Crippen LogP contribution in [0.15, 0.2) is 34.9 Å². The Morgan fingerprint density at radius 2 is 1.81 bits per heavy atom. The molecule has 0 radical (unpaired) electrons. The van der Waals surface area contributed by atoms with Gasteiger partial charge in [0.05, 0.1) is 5.41 Å². The molecule has 0 amide bonds. The molecular weight excluding hydrogens is 262 g/mol. The van der Waals surface area contributed by atoms with E-state index in [1.807, 2.05) is 6.07 Å². The molecule has 2 aromatic rings. The van der Waals surface area contributed by atoms with Gasteiger partial charge in [0.2, 0.25) is 5.89 Å². The monoisotopic (exact) mass is 287 g/mol. The Balaban J connectivity index is 2.35. The minimum atomic E-state index is -0.181. The van der Waals surface area contributed by atoms with Crippen LogP contribution < -0.4 is 5.73 Å². The highest BCUT2D eigenvalue weighted by Crippen LogP contribution is 2.36. The van der Waals surface area contributed by atoms with Crippen LogP contribution in [0.3, 0.4) is 0 Å². The van der Waals surface area contributed by atoms with Gasteiger partial charge in [0.15, 0.2) is 5.82 Å². The zero-order valence-electron chi connectivity index (χ0n) is 13.2. The van der Waals surface area contributed by atoms with Crippen LogP contribution in [0.2, 0.25) is 0 Å². The van der Waals surface area contributed by atoms with Crippen molar-refractivity contribution in [3.8, 4) is 0 Å². The van der Waals surface area contributed by atoms with E-state index in [1.54, 1.807) is 0 Å². The van der Waals surface area contributed by atoms with Gasteiger partial charge in [-0.25, -0.2) is 0 Å². The van der Waals surface area contributed by atoms with Gasteiger partial charge in [0.25, 0.3) is 0 Å². The van der Waals surface area contributed by atoms with Crippen LogP contribution in [0.25, 0.3) is 0 Å². The van der Waals surface area contributed by atoms with Gasteiger partial charge in [-0.3, -0.25) is 0 Å². The predicted molar refractivity (Wildman–Crippen MR) is 84.1 cm³/mol. The molecule has 1 atom stereocenters. The van der Waals surface area contributed by atoms with Gasteiger partial charge >= 0.3 is 0 Å². The summed E-state index contributed by atoms with van der Waals surface area (Å²) >= 11 is 0. The first-order chi connectivity index (χ1) is 10.2. The van der Waals surface area contributed by atoms with Crippen LogP contribution in [0, 0.1) is 0 Å². The summed E-state index contributed by atoms with van der Waals surface area (Å²) in [6.07, 6.45) is 3.42. The van der Waals surface area contributed by atoms with Gasteiger partial charge in [-0.2, -0.15) is 4.98 Å². The highest BCUT2D eigenvalue weighted by Gasteiger charge is 2.35. The third-order valence-electron chi connectivity index (χ3n) is 4.39. The first kappa shape index (κ1) is 15.7. The van der Waals surface area contributed by atoms with E-state index in [0.717, 1.165) is 25.1 Å². The van der Waals surface area contributed by atoms with Gasteiger partial charge in [0, 0.05) is 12.5 Å². The van der Waals surface area contributed by atoms with Crippen LogP contribution in [-0.2, 0) is 11.8 Å². The molecule has 0 fully saturated rings. The molecule has 4 nitrogen and oxygen atoms in total. The molecular formula is C17H25N3O. The molecule has 0 aliphatic carbocycles. The van der Waals surface area contributed by atoms with Gasteiger partial charge < -0.3 is 10.3 Å². The normalized spacial score (nSPS) is 13.3. The molecule has 21 heavy (non-hydrogen) atoms. The lowest BCUT2D eigenvalue weighted by molar-refractivity contribution is 0.347. The maximum absolute atomic E-state index is 5.97. The second-order valence-corrected chi connectivity index (χ2v) is 5.54. The first-order valence-corrected chi connectivity index (χ1v) is 7.80. The van der Waals surface area contributed by atoms with Gasteiger partial charge in [-0.15, -0.1) is 0 Å². The van der Waals surface area contributed by atoms with E-state index >= 15 is 0 Å². The van der Waals surface area contributed by atoms with Crippen LogP contribution in [0.4, 0.5) is 0 Å². The van der Waals surface area contributed by atoms with Gasteiger partial charge in [0.1, 0.15) is 0 Å². The van der Waals surface area contributed by atoms with Crippen molar-refractivity contribution < 1.29 is 4.52 Å². The summed E-state index contributed by atoms with van der Waals surface area (Å²) in [5.74, 6) is 1.42. The molecule has 1 heterocycles. The molecule has 1 aromatic carbocycles. The molecule has 2 N–H and O–H groups in total. The fourth-order valence-corrected chi connectivity index (χ4v) is 2.76. The molecule has 0 spiro atoms. The second kappa shape index (κ2) is 6.85. The standard InChI is InChI=1S/C17H25N3O/c1-4-14(18)12-15-19-16(20-21-15)17(5-2,6-3)13-10-8-7-9-11-13/h7-11,14H,4-6,12,18H2,1-3H3. The molecule has 2 rings (SSSR count). The molecule has 4 heteroatoms. The Hall–Kier alpha value is -1.68. The summed E-state index contributed by atoms with van der Waals surface area (Å²) in [7, 11) is 0. The topological polar surface area (TPSA) is 64.9 Å². The fourth-order valence-electron chi connectivity index (χ4n) is 2.76. The summed E-state index contributed by atoms with van der Waals surface area (Å²) < 4.78 is 5.43. The average Bonchev–Trinajstić information content (AvgIpc) is 2.99. The number of benzene rings is 1. The van der Waals surface area contributed by atoms with Crippen LogP contribution >= 0.6 is 0 Å². The number of aromatic nitrogens is 2. The van der Waals surface area contributed by atoms with E-state index in [4.69, 9.17) is 10.3 Å². The van der Waals surface area contributed by atoms with Gasteiger partial charge in [-0.1, -0.05) is 56.3 Å². The van der Waals surface area contributed by atoms with Crippen molar-refractivity contribution in [1.82, 2.24) is 10.1 Å². The maximum Gasteiger partial charge on any atom is 0.228 e. The minimum Gasteiger partial charge on any atom is -0.339 e. The number of hydrogen-bond acceptors (Lipinski definition) is 4. The summed E-state index contributed by atoms with van der Waals surface area (Å²) in [4.78, 5) is 4.63. The molecule has 0 aliphatic heterocycles. The quantitative estimate of drug-likeness (QED) is 0.847. The highest BCUT2D eigenvalue weighted by atomic mass is 16.5. The third kappa shape index (κ3) is 3.16. The molecule has 0 saturated heterocycles. The molecule has 1 aromatic heterocycles. The summed E-state index contributed by atoms with van der Waals surface area (Å²) in [6, 6.07) is 10.5. The third-order valence-corrected chi connectivity index (χ3v) is 4.39. The molecule has 0 saturated carbocycles. The Bertz CT molecular complexity index is 546. The zero-order valence-corrected chi connectivity index (χ0v) is 13.2. The Kier molecular flexibility index (Phi) is 5.12. The molecule has 1 unspecified atom stereocenters. The van der Waals surface area contributed by atoms with Crippen LogP contribution in [0.1, 0.15) is 57.3 Å². The number of rotatable bonds is 7. The van der Waals surface area contributed by atoms with Crippen molar-refractivity contribution in [3.63, 3.8) is 0 Å². The van der Waals surface area contributed by atoms with Crippen molar-refractivity contribution >= 4 is 0 Å². The van der Waals surface area contributed by atoms with E-state index < -0.39 is 0 Å². The maximum atomic E-state index is 5.97. The van der Waals surface area contributed by atoms with E-state index in [-0.39, 0.29) is 11.5 Å². The lowest BCUT2D eigenvalue weighted by atomic mass is 9.75. The van der Waals surface area contributed by atoms with Crippen molar-refractivity contribution in [2.24, 2.45) is 5.73 Å². The summed E-state index contributed by atoms with van der Waals surface area (Å²) in [5.41, 5.74) is 7.03. The van der Waals surface area contributed by atoms with E-state index in [1.165, 1.54) is 5.56 Å². The van der Waals surface area contributed by atoms with E-state index in [0.29, 0.717) is 12.3 Å². The van der Waals surface area contributed by atoms with Crippen LogP contribution in [-0.4, -0.2) is 16.2 Å². The Morgan fingerprint density at radius 3 is 2.38 bits per heavy atom. The predicted octanol–water partition coefficient (Wildman–Crippen LogP) is 3.46. The van der Waals surface area contributed by atoms with Crippen LogP contribution in [0.5, 0.6) is 0 Å². The average molecular weight is 287 g/mol. The van der Waals surface area contributed by atoms with Crippen molar-refractivity contribution in [2.45, 2.75) is 57.9 Å². The number of hydrogen-bond donors (Lipinski definition) is 1. The lowest BCUT2D eigenvalue weighted by Crippen LogP contribution is -2.28. The fraction of sp³-hybridized carbons (Fsp3) is 0.529. The summed E-state index contributed by atoms with van der Waals surface area (Å²) in [5, 5.41) is 4.25. The number of nitrogens with two attached hydrogens (primary N) is 1. The lowest BCUT2D eigenvalue weighted by Gasteiger charge is -2.28. The van der Waals surface area contributed by atoms with E-state index in [2.05, 4.69) is 55.2 Å². The van der Waals surface area contributed by atoms with E-state index in [9.17, 15) is 0 Å². The smallest absolute Gasteiger partial charge is 0.228 e.